The van der Waals surface area contributed by atoms with Crippen molar-refractivity contribution < 1.29 is 12.9 Å². The van der Waals surface area contributed by atoms with Crippen molar-refractivity contribution in [3.05, 3.63) is 0 Å². The highest BCUT2D eigenvalue weighted by molar-refractivity contribution is 6.58. The first kappa shape index (κ1) is 9.90. The maximum absolute atomic E-state index is 11.9. The van der Waals surface area contributed by atoms with Gasteiger partial charge in [-0.05, 0) is 31.8 Å². The molecule has 1 N–H and O–H groups in total. The molecule has 12 heavy (non-hydrogen) atoms. The summed E-state index contributed by atoms with van der Waals surface area (Å²) in [6.07, 6.45) is 1.61. The fraction of sp³-hybridized carbons (Fsp3) is 1.00. The minimum Gasteiger partial charge on any atom is -0.449 e. The van der Waals surface area contributed by atoms with Gasteiger partial charge in [0.2, 0.25) is 0 Å². The summed E-state index contributed by atoms with van der Waals surface area (Å²) in [4.78, 5) is 0. The molecule has 1 fully saturated rings. The van der Waals surface area contributed by atoms with Crippen molar-refractivity contribution in [1.82, 2.24) is 5.32 Å². The van der Waals surface area contributed by atoms with Crippen LogP contribution in [0.25, 0.3) is 0 Å². The van der Waals surface area contributed by atoms with Crippen LogP contribution in [0.2, 0.25) is 6.32 Å². The van der Waals surface area contributed by atoms with Crippen LogP contribution in [0.5, 0.6) is 0 Å². The first-order chi connectivity index (χ1) is 5.58. The van der Waals surface area contributed by atoms with Crippen molar-refractivity contribution in [2.45, 2.75) is 25.6 Å². The first-order valence-corrected chi connectivity index (χ1v) is 4.49. The third-order valence-corrected chi connectivity index (χ3v) is 2.36. The van der Waals surface area contributed by atoms with Crippen LogP contribution in [-0.2, 0) is 0 Å². The van der Waals surface area contributed by atoms with Crippen LogP contribution in [0.4, 0.5) is 12.9 Å². The van der Waals surface area contributed by atoms with Crippen LogP contribution in [0, 0.1) is 5.92 Å². The third-order valence-electron chi connectivity index (χ3n) is 2.36. The Morgan fingerprint density at radius 2 is 1.75 bits per heavy atom. The standard InChI is InChI=1S/C7H14BF3N/c9-8(10,11)4-1-7-2-5-12-6-3-7/h7,12H,1-6H2/q-1. The van der Waals surface area contributed by atoms with Crippen LogP contribution >= 0.6 is 0 Å². The summed E-state index contributed by atoms with van der Waals surface area (Å²) in [6, 6.07) is 0. The number of hydrogen-bond donors (Lipinski definition) is 1. The van der Waals surface area contributed by atoms with Gasteiger partial charge in [0.05, 0.1) is 0 Å². The largest absolute Gasteiger partial charge is 0.478 e. The lowest BCUT2D eigenvalue weighted by Crippen LogP contribution is -2.28. The second kappa shape index (κ2) is 4.17. The molecule has 1 aliphatic rings. The molecule has 1 heterocycles. The van der Waals surface area contributed by atoms with Gasteiger partial charge in [0.1, 0.15) is 0 Å². The lowest BCUT2D eigenvalue weighted by Gasteiger charge is -2.24. The second-order valence-electron chi connectivity index (χ2n) is 3.48. The molecule has 5 heteroatoms. The van der Waals surface area contributed by atoms with Gasteiger partial charge in [-0.15, -0.1) is 0 Å². The Morgan fingerprint density at radius 1 is 1.17 bits per heavy atom. The molecule has 0 atom stereocenters. The minimum atomic E-state index is -4.55. The average molecular weight is 180 g/mol. The molecule has 0 aliphatic carbocycles. The molecule has 0 aromatic heterocycles. The maximum Gasteiger partial charge on any atom is 0.478 e. The molecule has 1 rings (SSSR count). The van der Waals surface area contributed by atoms with E-state index in [1.165, 1.54) is 0 Å². The van der Waals surface area contributed by atoms with E-state index in [2.05, 4.69) is 5.32 Å². The number of halogens is 3. The Labute approximate surface area is 70.8 Å². The van der Waals surface area contributed by atoms with E-state index >= 15 is 0 Å². The van der Waals surface area contributed by atoms with Crippen molar-refractivity contribution in [1.29, 1.82) is 0 Å². The minimum absolute atomic E-state index is 0.301. The van der Waals surface area contributed by atoms with Crippen LogP contribution in [-0.4, -0.2) is 20.1 Å². The van der Waals surface area contributed by atoms with Crippen molar-refractivity contribution in [3.63, 3.8) is 0 Å². The molecule has 0 unspecified atom stereocenters. The fourth-order valence-corrected chi connectivity index (χ4v) is 1.60. The van der Waals surface area contributed by atoms with Gasteiger partial charge >= 0.3 is 6.98 Å². The monoisotopic (exact) mass is 180 g/mol. The van der Waals surface area contributed by atoms with E-state index < -0.39 is 13.3 Å². The van der Waals surface area contributed by atoms with Crippen LogP contribution in [0.3, 0.4) is 0 Å². The zero-order valence-corrected chi connectivity index (χ0v) is 7.03. The van der Waals surface area contributed by atoms with E-state index in [1.807, 2.05) is 0 Å². The topological polar surface area (TPSA) is 12.0 Å². The maximum atomic E-state index is 11.9. The molecule has 72 valence electrons. The highest BCUT2D eigenvalue weighted by atomic mass is 19.4. The highest BCUT2D eigenvalue weighted by Gasteiger charge is 2.24. The Kier molecular flexibility index (Phi) is 3.44. The smallest absolute Gasteiger partial charge is 0.449 e. The highest BCUT2D eigenvalue weighted by Crippen LogP contribution is 2.24. The predicted octanol–water partition coefficient (Wildman–Crippen LogP) is 2.22. The van der Waals surface area contributed by atoms with E-state index in [-0.39, 0.29) is 0 Å². The molecule has 0 aromatic carbocycles. The van der Waals surface area contributed by atoms with E-state index in [9.17, 15) is 12.9 Å². The van der Waals surface area contributed by atoms with E-state index in [0.717, 1.165) is 25.9 Å². The summed E-state index contributed by atoms with van der Waals surface area (Å²) in [5.74, 6) is 0.301. The lowest BCUT2D eigenvalue weighted by molar-refractivity contribution is 0.350. The fourth-order valence-electron chi connectivity index (χ4n) is 1.60. The van der Waals surface area contributed by atoms with Crippen LogP contribution in [0.15, 0.2) is 0 Å². The zero-order chi connectivity index (χ0) is 9.03. The van der Waals surface area contributed by atoms with Gasteiger partial charge in [0, 0.05) is 0 Å². The summed E-state index contributed by atoms with van der Waals surface area (Å²) in [5.41, 5.74) is 0. The van der Waals surface area contributed by atoms with Crippen LogP contribution < -0.4 is 5.32 Å². The van der Waals surface area contributed by atoms with Gasteiger partial charge in [0.25, 0.3) is 0 Å². The SMILES string of the molecule is F[B-](F)(F)CCC1CCNCC1. The van der Waals surface area contributed by atoms with Crippen molar-refractivity contribution >= 4 is 6.98 Å². The normalized spacial score (nSPS) is 21.2. The quantitative estimate of drug-likeness (QED) is 0.656. The predicted molar refractivity (Wildman–Crippen MR) is 44.1 cm³/mol. The Hall–Kier alpha value is -0.185. The van der Waals surface area contributed by atoms with Gasteiger partial charge in [0.15, 0.2) is 0 Å². The molecule has 1 saturated heterocycles. The molecule has 0 amide bonds. The van der Waals surface area contributed by atoms with Crippen LogP contribution in [0.1, 0.15) is 19.3 Å². The molecule has 1 aliphatic heterocycles. The summed E-state index contributed by atoms with van der Waals surface area (Å²) < 4.78 is 35.6. The Bertz CT molecular complexity index is 131. The molecule has 0 bridgehead atoms. The Balaban J connectivity index is 2.13. The molecule has 0 saturated carbocycles. The molecular formula is C7H14BF3N-. The summed E-state index contributed by atoms with van der Waals surface area (Å²) in [6.45, 7) is -2.78. The third kappa shape index (κ3) is 4.00. The number of hydrogen-bond acceptors (Lipinski definition) is 1. The Morgan fingerprint density at radius 3 is 2.25 bits per heavy atom. The molecule has 0 spiro atoms. The molecule has 1 nitrogen and oxygen atoms in total. The summed E-state index contributed by atoms with van der Waals surface area (Å²) in [5, 5.41) is 3.14. The van der Waals surface area contributed by atoms with Gasteiger partial charge in [-0.3, -0.25) is 0 Å². The van der Waals surface area contributed by atoms with E-state index in [0.29, 0.717) is 12.3 Å². The average Bonchev–Trinajstić information content (AvgIpc) is 2.02. The molecule has 0 aromatic rings. The summed E-state index contributed by atoms with van der Waals surface area (Å²) in [7, 11) is 0. The van der Waals surface area contributed by atoms with E-state index in [1.54, 1.807) is 0 Å². The van der Waals surface area contributed by atoms with Crippen molar-refractivity contribution in [2.24, 2.45) is 5.92 Å². The number of piperidine rings is 1. The number of nitrogens with one attached hydrogen (secondary N) is 1. The van der Waals surface area contributed by atoms with Gasteiger partial charge in [-0.1, -0.05) is 12.7 Å². The van der Waals surface area contributed by atoms with Gasteiger partial charge < -0.3 is 18.3 Å². The lowest BCUT2D eigenvalue weighted by atomic mass is 9.79. The van der Waals surface area contributed by atoms with Gasteiger partial charge in [-0.25, -0.2) is 0 Å². The summed E-state index contributed by atoms with van der Waals surface area (Å²) >= 11 is 0. The second-order valence-corrected chi connectivity index (χ2v) is 3.48. The van der Waals surface area contributed by atoms with Crippen molar-refractivity contribution in [3.8, 4) is 0 Å². The molecular weight excluding hydrogens is 166 g/mol. The zero-order valence-electron chi connectivity index (χ0n) is 7.03. The molecule has 0 radical (unpaired) electrons. The first-order valence-electron chi connectivity index (χ1n) is 4.49. The van der Waals surface area contributed by atoms with E-state index in [4.69, 9.17) is 0 Å². The van der Waals surface area contributed by atoms with Crippen molar-refractivity contribution in [2.75, 3.05) is 13.1 Å². The van der Waals surface area contributed by atoms with Gasteiger partial charge in [-0.2, -0.15) is 0 Å². The number of rotatable bonds is 3.